The van der Waals surface area contributed by atoms with Gasteiger partial charge >= 0.3 is 5.97 Å². The maximum atomic E-state index is 12.5. The Morgan fingerprint density at radius 1 is 1.25 bits per heavy atom. The minimum absolute atomic E-state index is 0.104. The van der Waals surface area contributed by atoms with Gasteiger partial charge in [0.1, 0.15) is 11.3 Å². The molecule has 128 valence electrons. The van der Waals surface area contributed by atoms with Gasteiger partial charge in [0, 0.05) is 25.6 Å². The largest absolute Gasteiger partial charge is 0.478 e. The molecule has 6 nitrogen and oxygen atoms in total. The number of ether oxygens (including phenoxy) is 1. The average molecular weight is 349 g/mol. The van der Waals surface area contributed by atoms with E-state index in [1.807, 2.05) is 12.1 Å². The van der Waals surface area contributed by atoms with E-state index in [0.29, 0.717) is 30.2 Å². The van der Waals surface area contributed by atoms with Crippen LogP contribution in [0.15, 0.2) is 45.9 Å². The summed E-state index contributed by atoms with van der Waals surface area (Å²) in [5.74, 6) is -0.417. The summed E-state index contributed by atoms with van der Waals surface area (Å²) in [6.45, 7) is 0.960. The number of aromatic carboxylic acids is 1. The summed E-state index contributed by atoms with van der Waals surface area (Å²) in [6.07, 6.45) is 1.36. The fraction of sp³-hybridized carbons (Fsp3) is 0.294. The number of nitrogens with zero attached hydrogens (tertiary/aromatic N) is 1. The number of amides is 1. The number of furan rings is 1. The summed E-state index contributed by atoms with van der Waals surface area (Å²) in [4.78, 5) is 26.0. The van der Waals surface area contributed by atoms with E-state index < -0.39 is 5.97 Å². The van der Waals surface area contributed by atoms with Crippen molar-refractivity contribution in [2.75, 3.05) is 27.3 Å². The molecule has 0 aliphatic rings. The Morgan fingerprint density at radius 2 is 2.00 bits per heavy atom. The van der Waals surface area contributed by atoms with Crippen LogP contribution in [-0.4, -0.2) is 49.2 Å². The topological polar surface area (TPSA) is 80.0 Å². The Hall–Kier alpha value is -2.25. The number of benzene rings is 1. The highest BCUT2D eigenvalue weighted by molar-refractivity contribution is 7.98. The van der Waals surface area contributed by atoms with Gasteiger partial charge in [0.2, 0.25) is 0 Å². The second kappa shape index (κ2) is 8.56. The number of thioether (sulfide) groups is 1. The van der Waals surface area contributed by atoms with Crippen molar-refractivity contribution >= 4 is 23.6 Å². The molecule has 0 unspecified atom stereocenters. The first kappa shape index (κ1) is 18.1. The molecule has 0 spiro atoms. The summed E-state index contributed by atoms with van der Waals surface area (Å²) < 4.78 is 10.2. The molecule has 0 fully saturated rings. The van der Waals surface area contributed by atoms with Crippen molar-refractivity contribution in [2.45, 2.75) is 10.6 Å². The van der Waals surface area contributed by atoms with Gasteiger partial charge in [-0.1, -0.05) is 12.1 Å². The zero-order chi connectivity index (χ0) is 17.5. The smallest absolute Gasteiger partial charge is 0.339 e. The van der Waals surface area contributed by atoms with Crippen LogP contribution in [0.2, 0.25) is 0 Å². The van der Waals surface area contributed by atoms with E-state index in [1.165, 1.54) is 24.1 Å². The lowest BCUT2D eigenvalue weighted by Crippen LogP contribution is -2.30. The van der Waals surface area contributed by atoms with Gasteiger partial charge in [0.25, 0.3) is 5.91 Å². The molecule has 0 atom stereocenters. The first-order valence-corrected chi connectivity index (χ1v) is 8.29. The predicted octanol–water partition coefficient (Wildman–Crippen LogP) is 2.99. The van der Waals surface area contributed by atoms with Crippen molar-refractivity contribution in [3.05, 3.63) is 53.5 Å². The molecule has 0 saturated carbocycles. The molecule has 1 aromatic carbocycles. The number of carbonyl (C=O) groups excluding carboxylic acids is 1. The van der Waals surface area contributed by atoms with E-state index in [4.69, 9.17) is 14.3 Å². The molecule has 0 aliphatic heterocycles. The summed E-state index contributed by atoms with van der Waals surface area (Å²) >= 11 is 1.37. The Bertz CT molecular complexity index is 713. The molecule has 0 aliphatic carbocycles. The Labute approximate surface area is 144 Å². The van der Waals surface area contributed by atoms with Gasteiger partial charge in [-0.3, -0.25) is 4.79 Å². The molecule has 1 heterocycles. The van der Waals surface area contributed by atoms with E-state index in [-0.39, 0.29) is 11.5 Å². The number of likely N-dealkylation sites (N-methyl/N-ethyl adjacent to an activating group) is 1. The second-order valence-corrected chi connectivity index (χ2v) is 6.08. The SMILES string of the molecule is COCCN(C)C(=O)c1ccccc1SCc1occc1C(=O)O. The maximum Gasteiger partial charge on any atom is 0.339 e. The highest BCUT2D eigenvalue weighted by atomic mass is 32.2. The molecule has 0 radical (unpaired) electrons. The third-order valence-electron chi connectivity index (χ3n) is 3.43. The minimum atomic E-state index is -1.02. The Kier molecular flexibility index (Phi) is 6.45. The fourth-order valence-electron chi connectivity index (χ4n) is 2.09. The number of carboxylic acids is 1. The first-order valence-electron chi connectivity index (χ1n) is 7.30. The van der Waals surface area contributed by atoms with Gasteiger partial charge in [0.05, 0.1) is 24.2 Å². The van der Waals surface area contributed by atoms with Gasteiger partial charge in [-0.2, -0.15) is 0 Å². The van der Waals surface area contributed by atoms with Crippen molar-refractivity contribution in [1.82, 2.24) is 4.90 Å². The zero-order valence-electron chi connectivity index (χ0n) is 13.5. The van der Waals surface area contributed by atoms with Crippen molar-refractivity contribution < 1.29 is 23.8 Å². The van der Waals surface area contributed by atoms with Crippen LogP contribution in [0.25, 0.3) is 0 Å². The van der Waals surface area contributed by atoms with Crippen LogP contribution < -0.4 is 0 Å². The number of methoxy groups -OCH3 is 1. The fourth-order valence-corrected chi connectivity index (χ4v) is 3.09. The molecule has 1 N–H and O–H groups in total. The number of hydrogen-bond donors (Lipinski definition) is 1. The minimum Gasteiger partial charge on any atom is -0.478 e. The van der Waals surface area contributed by atoms with Crippen LogP contribution in [0.3, 0.4) is 0 Å². The van der Waals surface area contributed by atoms with Crippen LogP contribution in [0, 0.1) is 0 Å². The van der Waals surface area contributed by atoms with E-state index in [2.05, 4.69) is 0 Å². The Balaban J connectivity index is 2.12. The highest BCUT2D eigenvalue weighted by Crippen LogP contribution is 2.28. The molecular weight excluding hydrogens is 330 g/mol. The molecular formula is C17H19NO5S. The van der Waals surface area contributed by atoms with Crippen molar-refractivity contribution in [1.29, 1.82) is 0 Å². The predicted molar refractivity (Wildman–Crippen MR) is 90.5 cm³/mol. The molecule has 1 amide bonds. The molecule has 0 bridgehead atoms. The van der Waals surface area contributed by atoms with E-state index in [0.717, 1.165) is 4.90 Å². The van der Waals surface area contributed by atoms with Gasteiger partial charge < -0.3 is 19.2 Å². The third-order valence-corrected chi connectivity index (χ3v) is 4.50. The summed E-state index contributed by atoms with van der Waals surface area (Å²) in [5.41, 5.74) is 0.716. The molecule has 7 heteroatoms. The van der Waals surface area contributed by atoms with E-state index in [1.54, 1.807) is 31.2 Å². The molecule has 24 heavy (non-hydrogen) atoms. The van der Waals surface area contributed by atoms with Crippen LogP contribution in [0.5, 0.6) is 0 Å². The quantitative estimate of drug-likeness (QED) is 0.738. The molecule has 1 aromatic heterocycles. The van der Waals surface area contributed by atoms with Gasteiger partial charge in [0.15, 0.2) is 0 Å². The monoisotopic (exact) mass is 349 g/mol. The van der Waals surface area contributed by atoms with E-state index >= 15 is 0 Å². The molecule has 0 saturated heterocycles. The Morgan fingerprint density at radius 3 is 2.71 bits per heavy atom. The maximum absolute atomic E-state index is 12.5. The van der Waals surface area contributed by atoms with Gasteiger partial charge in [-0.15, -0.1) is 11.8 Å². The van der Waals surface area contributed by atoms with Crippen LogP contribution in [-0.2, 0) is 10.5 Å². The van der Waals surface area contributed by atoms with Gasteiger partial charge in [-0.05, 0) is 18.2 Å². The van der Waals surface area contributed by atoms with Crippen molar-refractivity contribution in [3.63, 3.8) is 0 Å². The molecule has 2 aromatic rings. The number of hydrogen-bond acceptors (Lipinski definition) is 5. The normalized spacial score (nSPS) is 10.6. The van der Waals surface area contributed by atoms with Crippen LogP contribution in [0.4, 0.5) is 0 Å². The number of rotatable bonds is 8. The lowest BCUT2D eigenvalue weighted by Gasteiger charge is -2.18. The number of carboxylic acid groups (broad SMARTS) is 1. The van der Waals surface area contributed by atoms with Crippen LogP contribution >= 0.6 is 11.8 Å². The highest BCUT2D eigenvalue weighted by Gasteiger charge is 2.18. The average Bonchev–Trinajstić information content (AvgIpc) is 3.06. The standard InChI is InChI=1S/C17H19NO5S/c1-18(8-10-22-2)16(19)13-5-3-4-6-15(13)24-11-14-12(17(20)21)7-9-23-14/h3-7,9H,8,10-11H2,1-2H3,(H,20,21). The van der Waals surface area contributed by atoms with Gasteiger partial charge in [-0.25, -0.2) is 4.79 Å². The van der Waals surface area contributed by atoms with Crippen molar-refractivity contribution in [2.24, 2.45) is 0 Å². The third kappa shape index (κ3) is 4.39. The van der Waals surface area contributed by atoms with E-state index in [9.17, 15) is 9.59 Å². The second-order valence-electron chi connectivity index (χ2n) is 5.07. The zero-order valence-corrected chi connectivity index (χ0v) is 14.3. The number of carbonyl (C=O) groups is 2. The first-order chi connectivity index (χ1) is 11.5. The summed E-state index contributed by atoms with van der Waals surface area (Å²) in [6, 6.07) is 8.67. The summed E-state index contributed by atoms with van der Waals surface area (Å²) in [7, 11) is 3.31. The molecule has 2 rings (SSSR count). The van der Waals surface area contributed by atoms with Crippen LogP contribution in [0.1, 0.15) is 26.5 Å². The lowest BCUT2D eigenvalue weighted by molar-refractivity contribution is 0.0693. The van der Waals surface area contributed by atoms with Crippen molar-refractivity contribution in [3.8, 4) is 0 Å². The lowest BCUT2D eigenvalue weighted by atomic mass is 10.2. The summed E-state index contributed by atoms with van der Waals surface area (Å²) in [5, 5.41) is 9.11.